The minimum Gasteiger partial charge on any atom is -0.481 e. The number of aryl methyl sites for hydroxylation is 1. The molecule has 0 aliphatic carbocycles. The Kier molecular flexibility index (Phi) is 6.58. The monoisotopic (exact) mass is 295 g/mol. The van der Waals surface area contributed by atoms with E-state index in [1.54, 1.807) is 0 Å². The van der Waals surface area contributed by atoms with Crippen LogP contribution >= 0.6 is 11.8 Å². The van der Waals surface area contributed by atoms with Gasteiger partial charge in [0.15, 0.2) is 0 Å². The summed E-state index contributed by atoms with van der Waals surface area (Å²) in [6.07, 6.45) is -0.0431. The summed E-state index contributed by atoms with van der Waals surface area (Å²) in [6, 6.07) is 7.64. The lowest BCUT2D eigenvalue weighted by atomic mass is 10.0. The summed E-state index contributed by atoms with van der Waals surface area (Å²) in [7, 11) is 0. The number of carbonyl (C=O) groups excluding carboxylic acids is 1. The van der Waals surface area contributed by atoms with Gasteiger partial charge in [0, 0.05) is 10.9 Å². The number of thioether (sulfide) groups is 1. The number of hydrogen-bond acceptors (Lipinski definition) is 3. The van der Waals surface area contributed by atoms with Crippen LogP contribution in [0.5, 0.6) is 0 Å². The van der Waals surface area contributed by atoms with E-state index in [4.69, 9.17) is 5.11 Å². The molecule has 1 rings (SSSR count). The Labute approximate surface area is 124 Å². The van der Waals surface area contributed by atoms with Crippen LogP contribution in [0.1, 0.15) is 25.8 Å². The van der Waals surface area contributed by atoms with Crippen molar-refractivity contribution in [2.45, 2.75) is 38.1 Å². The fourth-order valence-corrected chi connectivity index (χ4v) is 2.38. The Balaban J connectivity index is 2.45. The third kappa shape index (κ3) is 6.10. The molecule has 1 aromatic rings. The zero-order valence-electron chi connectivity index (χ0n) is 12.1. The molecule has 1 amide bonds. The molecule has 0 spiro atoms. The predicted molar refractivity (Wildman–Crippen MR) is 80.9 cm³/mol. The molecule has 0 saturated carbocycles. The van der Waals surface area contributed by atoms with E-state index in [9.17, 15) is 9.59 Å². The summed E-state index contributed by atoms with van der Waals surface area (Å²) in [4.78, 5) is 23.6. The fraction of sp³-hybridized carbons (Fsp3) is 0.467. The Bertz CT molecular complexity index is 457. The zero-order valence-corrected chi connectivity index (χ0v) is 12.9. The predicted octanol–water partition coefficient (Wildman–Crippen LogP) is 2.70. The minimum atomic E-state index is -0.893. The molecule has 2 N–H and O–H groups in total. The number of carboxylic acids is 1. The van der Waals surface area contributed by atoms with Gasteiger partial charge in [-0.15, -0.1) is 11.8 Å². The first-order valence-electron chi connectivity index (χ1n) is 6.59. The molecule has 5 heteroatoms. The second kappa shape index (κ2) is 7.94. The van der Waals surface area contributed by atoms with E-state index in [1.807, 2.05) is 45.0 Å². The van der Waals surface area contributed by atoms with E-state index >= 15 is 0 Å². The van der Waals surface area contributed by atoms with Crippen molar-refractivity contribution in [2.24, 2.45) is 5.92 Å². The highest BCUT2D eigenvalue weighted by Crippen LogP contribution is 2.18. The summed E-state index contributed by atoms with van der Waals surface area (Å²) < 4.78 is 0. The number of nitrogens with one attached hydrogen (secondary N) is 1. The summed E-state index contributed by atoms with van der Waals surface area (Å²) in [6.45, 7) is 5.82. The second-order valence-electron chi connectivity index (χ2n) is 5.12. The van der Waals surface area contributed by atoms with E-state index in [-0.39, 0.29) is 24.3 Å². The van der Waals surface area contributed by atoms with Gasteiger partial charge >= 0.3 is 5.97 Å². The molecular formula is C15H21NO3S. The summed E-state index contributed by atoms with van der Waals surface area (Å²) in [5.74, 6) is -0.628. The highest BCUT2D eigenvalue weighted by atomic mass is 32.2. The van der Waals surface area contributed by atoms with Crippen molar-refractivity contribution in [3.8, 4) is 0 Å². The lowest BCUT2D eigenvalue weighted by Crippen LogP contribution is -2.40. The molecule has 0 aliphatic heterocycles. The van der Waals surface area contributed by atoms with E-state index in [0.29, 0.717) is 5.75 Å². The number of rotatable bonds is 7. The molecule has 0 aliphatic rings. The van der Waals surface area contributed by atoms with Crippen LogP contribution in [0.25, 0.3) is 0 Å². The average Bonchev–Trinajstić information content (AvgIpc) is 2.36. The molecule has 0 saturated heterocycles. The zero-order chi connectivity index (χ0) is 15.1. The van der Waals surface area contributed by atoms with Crippen molar-refractivity contribution in [3.63, 3.8) is 0 Å². The van der Waals surface area contributed by atoms with Crippen molar-refractivity contribution >= 4 is 23.6 Å². The minimum absolute atomic E-state index is 0.0431. The van der Waals surface area contributed by atoms with E-state index in [2.05, 4.69) is 5.32 Å². The molecule has 20 heavy (non-hydrogen) atoms. The lowest BCUT2D eigenvalue weighted by Gasteiger charge is -2.20. The second-order valence-corrected chi connectivity index (χ2v) is 6.17. The van der Waals surface area contributed by atoms with Crippen molar-refractivity contribution < 1.29 is 14.7 Å². The summed E-state index contributed by atoms with van der Waals surface area (Å²) in [5.41, 5.74) is 1.18. The molecule has 110 valence electrons. The van der Waals surface area contributed by atoms with Crippen LogP contribution in [0.3, 0.4) is 0 Å². The van der Waals surface area contributed by atoms with E-state index in [1.165, 1.54) is 17.3 Å². The maximum atomic E-state index is 11.9. The van der Waals surface area contributed by atoms with Crippen LogP contribution in [0.15, 0.2) is 29.2 Å². The largest absolute Gasteiger partial charge is 0.481 e. The molecular weight excluding hydrogens is 274 g/mol. The van der Waals surface area contributed by atoms with Crippen LogP contribution < -0.4 is 5.32 Å². The van der Waals surface area contributed by atoms with Gasteiger partial charge in [-0.1, -0.05) is 31.5 Å². The number of hydrogen-bond donors (Lipinski definition) is 2. The SMILES string of the molecule is Cc1ccc(SCC(=O)NC(CC(=O)O)C(C)C)cc1. The number of aliphatic carboxylic acids is 1. The van der Waals surface area contributed by atoms with Gasteiger partial charge in [0.05, 0.1) is 12.2 Å². The maximum absolute atomic E-state index is 11.9. The third-order valence-corrected chi connectivity index (χ3v) is 3.95. The van der Waals surface area contributed by atoms with Gasteiger partial charge in [0.25, 0.3) is 0 Å². The number of amides is 1. The van der Waals surface area contributed by atoms with Gasteiger partial charge < -0.3 is 10.4 Å². The van der Waals surface area contributed by atoms with Gasteiger partial charge in [-0.25, -0.2) is 0 Å². The molecule has 4 nitrogen and oxygen atoms in total. The Morgan fingerprint density at radius 2 is 1.85 bits per heavy atom. The molecule has 0 fully saturated rings. The van der Waals surface area contributed by atoms with Gasteiger partial charge in [0.2, 0.25) is 5.91 Å². The van der Waals surface area contributed by atoms with Crippen molar-refractivity contribution in [1.29, 1.82) is 0 Å². The highest BCUT2D eigenvalue weighted by Gasteiger charge is 2.19. The first kappa shape index (κ1) is 16.6. The quantitative estimate of drug-likeness (QED) is 0.759. The molecule has 1 atom stereocenters. The first-order chi connectivity index (χ1) is 9.38. The third-order valence-electron chi connectivity index (χ3n) is 2.94. The summed E-state index contributed by atoms with van der Waals surface area (Å²) in [5, 5.41) is 11.6. The van der Waals surface area contributed by atoms with E-state index < -0.39 is 5.97 Å². The topological polar surface area (TPSA) is 66.4 Å². The highest BCUT2D eigenvalue weighted by molar-refractivity contribution is 8.00. The number of carboxylic acid groups (broad SMARTS) is 1. The van der Waals surface area contributed by atoms with Gasteiger partial charge in [-0.05, 0) is 25.0 Å². The van der Waals surface area contributed by atoms with E-state index in [0.717, 1.165) is 4.90 Å². The fourth-order valence-electron chi connectivity index (χ4n) is 1.67. The van der Waals surface area contributed by atoms with Crippen LogP contribution in [-0.4, -0.2) is 28.8 Å². The van der Waals surface area contributed by atoms with Gasteiger partial charge in [-0.3, -0.25) is 9.59 Å². The Morgan fingerprint density at radius 3 is 2.35 bits per heavy atom. The molecule has 0 bridgehead atoms. The standard InChI is InChI=1S/C15H21NO3S/c1-10(2)13(8-15(18)19)16-14(17)9-20-12-6-4-11(3)5-7-12/h4-7,10,13H,8-9H2,1-3H3,(H,16,17)(H,18,19). The Morgan fingerprint density at radius 1 is 1.25 bits per heavy atom. The van der Waals surface area contributed by atoms with Crippen LogP contribution in [-0.2, 0) is 9.59 Å². The van der Waals surface area contributed by atoms with Crippen LogP contribution in [0.4, 0.5) is 0 Å². The number of carbonyl (C=O) groups is 2. The molecule has 0 aromatic heterocycles. The van der Waals surface area contributed by atoms with Crippen LogP contribution in [0, 0.1) is 12.8 Å². The van der Waals surface area contributed by atoms with Gasteiger partial charge in [-0.2, -0.15) is 0 Å². The number of benzene rings is 1. The van der Waals surface area contributed by atoms with Crippen molar-refractivity contribution in [2.75, 3.05) is 5.75 Å². The summed E-state index contributed by atoms with van der Waals surface area (Å²) >= 11 is 1.45. The molecule has 0 heterocycles. The lowest BCUT2D eigenvalue weighted by molar-refractivity contribution is -0.138. The normalized spacial score (nSPS) is 12.2. The van der Waals surface area contributed by atoms with Gasteiger partial charge in [0.1, 0.15) is 0 Å². The molecule has 0 radical (unpaired) electrons. The van der Waals surface area contributed by atoms with Crippen LogP contribution in [0.2, 0.25) is 0 Å². The van der Waals surface area contributed by atoms with Crippen molar-refractivity contribution in [1.82, 2.24) is 5.32 Å². The maximum Gasteiger partial charge on any atom is 0.305 e. The molecule has 1 aromatic carbocycles. The molecule has 1 unspecified atom stereocenters. The average molecular weight is 295 g/mol. The smallest absolute Gasteiger partial charge is 0.305 e. The first-order valence-corrected chi connectivity index (χ1v) is 7.57. The Hall–Kier alpha value is -1.49. The van der Waals surface area contributed by atoms with Crippen molar-refractivity contribution in [3.05, 3.63) is 29.8 Å².